The van der Waals surface area contributed by atoms with Crippen molar-refractivity contribution >= 4 is 38.4 Å². The van der Waals surface area contributed by atoms with E-state index in [1.807, 2.05) is 0 Å². The summed E-state index contributed by atoms with van der Waals surface area (Å²) in [4.78, 5) is 0. The summed E-state index contributed by atoms with van der Waals surface area (Å²) in [6.07, 6.45) is 5.65. The summed E-state index contributed by atoms with van der Waals surface area (Å²) in [7, 11) is 1.14. The van der Waals surface area contributed by atoms with Crippen LogP contribution < -0.4 is 30.7 Å². The molecule has 0 aromatic heterocycles. The number of rotatable bonds is 4. The van der Waals surface area contributed by atoms with E-state index in [1.165, 1.54) is 61.0 Å². The lowest BCUT2D eigenvalue weighted by Gasteiger charge is -2.54. The summed E-state index contributed by atoms with van der Waals surface area (Å²) in [5.74, 6) is 2.35. The molecule has 4 aromatic carbocycles. The van der Waals surface area contributed by atoms with Gasteiger partial charge in [0.2, 0.25) is 0 Å². The molecule has 1 aliphatic carbocycles. The molecule has 0 N–H and O–H groups in total. The molecule has 0 saturated heterocycles. The van der Waals surface area contributed by atoms with Crippen LogP contribution in [0.2, 0.25) is 0 Å². The Kier molecular flexibility index (Phi) is 6.77. The third-order valence-electron chi connectivity index (χ3n) is 8.89. The molecule has 1 spiro atoms. The van der Waals surface area contributed by atoms with Crippen LogP contribution in [0.4, 0.5) is 0 Å². The second-order valence-electron chi connectivity index (χ2n) is 12.2. The first-order valence-electron chi connectivity index (χ1n) is 14.7. The van der Waals surface area contributed by atoms with Crippen molar-refractivity contribution in [2.75, 3.05) is 0 Å². The maximum atomic E-state index is 7.28. The molecule has 1 saturated carbocycles. The van der Waals surface area contributed by atoms with Crippen LogP contribution in [0.1, 0.15) is 52.6 Å². The molecule has 4 atom stereocenters. The largest absolute Gasteiger partial charge is 0.451 e. The van der Waals surface area contributed by atoms with Gasteiger partial charge in [-0.3, -0.25) is 0 Å². The standard InChI is InChI=1S/C36H38O2P2/c1-22-14-23(2)17-30(16-22)39-32-12-5-8-26-20-28-10-7-11-29-21-27-9-6-13-33(35(27)38-36(28,29)37-34(26)32)40-31-18-24(3)15-25(4)19-31/h5-6,8-9,12-19,28-29,39-40H,7,10-11,20-21H2,1-4H3/t28-,29-,36?/m1/s1. The van der Waals surface area contributed by atoms with Crippen molar-refractivity contribution in [1.29, 1.82) is 0 Å². The van der Waals surface area contributed by atoms with Gasteiger partial charge in [0, 0.05) is 22.4 Å². The SMILES string of the molecule is Cc1cc(C)cc(Pc2cccc3c2OC24Oc5c(cccc5Pc5cc(C)cc(C)c5)C[C@H]2CCC[C@@H]4C3)c1. The zero-order valence-corrected chi connectivity index (χ0v) is 25.9. The summed E-state index contributed by atoms with van der Waals surface area (Å²) in [6.45, 7) is 8.77. The second kappa shape index (κ2) is 10.3. The molecule has 40 heavy (non-hydrogen) atoms. The van der Waals surface area contributed by atoms with Gasteiger partial charge in [-0.05, 0) is 75.1 Å². The Morgan fingerprint density at radius 1 is 0.600 bits per heavy atom. The highest BCUT2D eigenvalue weighted by Gasteiger charge is 2.57. The van der Waals surface area contributed by atoms with Gasteiger partial charge >= 0.3 is 0 Å². The fourth-order valence-corrected chi connectivity index (χ4v) is 10.2. The van der Waals surface area contributed by atoms with Gasteiger partial charge in [-0.25, -0.2) is 0 Å². The highest BCUT2D eigenvalue weighted by Crippen LogP contribution is 2.53. The first kappa shape index (κ1) is 26.3. The van der Waals surface area contributed by atoms with Gasteiger partial charge < -0.3 is 9.47 Å². The van der Waals surface area contributed by atoms with Gasteiger partial charge in [0.05, 0.1) is 0 Å². The lowest BCUT2D eigenvalue weighted by Crippen LogP contribution is -2.62. The van der Waals surface area contributed by atoms with Gasteiger partial charge in [-0.2, -0.15) is 0 Å². The molecule has 2 unspecified atom stereocenters. The van der Waals surface area contributed by atoms with Crippen LogP contribution in [0.15, 0.2) is 72.8 Å². The van der Waals surface area contributed by atoms with Crippen LogP contribution in [0.25, 0.3) is 0 Å². The molecule has 0 bridgehead atoms. The normalized spacial score (nSPS) is 23.3. The van der Waals surface area contributed by atoms with Crippen molar-refractivity contribution in [3.05, 3.63) is 106 Å². The highest BCUT2D eigenvalue weighted by molar-refractivity contribution is 7.56. The van der Waals surface area contributed by atoms with Crippen LogP contribution >= 0.6 is 17.2 Å². The fraction of sp³-hybridized carbons (Fsp3) is 0.333. The summed E-state index contributed by atoms with van der Waals surface area (Å²) in [6, 6.07) is 27.4. The molecular weight excluding hydrogens is 526 g/mol. The zero-order chi connectivity index (χ0) is 27.4. The van der Waals surface area contributed by atoms with Crippen LogP contribution in [0.3, 0.4) is 0 Å². The average molecular weight is 565 g/mol. The first-order valence-corrected chi connectivity index (χ1v) is 16.7. The number of ether oxygens (including phenoxy) is 2. The van der Waals surface area contributed by atoms with Crippen LogP contribution in [-0.2, 0) is 12.8 Å². The first-order chi connectivity index (χ1) is 19.4. The van der Waals surface area contributed by atoms with E-state index in [-0.39, 0.29) is 0 Å². The molecule has 204 valence electrons. The van der Waals surface area contributed by atoms with E-state index in [1.54, 1.807) is 0 Å². The van der Waals surface area contributed by atoms with Crippen molar-refractivity contribution in [3.8, 4) is 11.5 Å². The second-order valence-corrected chi connectivity index (χ2v) is 15.0. The highest BCUT2D eigenvalue weighted by atomic mass is 31.1. The fourth-order valence-electron chi connectivity index (χ4n) is 7.37. The van der Waals surface area contributed by atoms with Crippen molar-refractivity contribution in [2.45, 2.75) is 65.6 Å². The lowest BCUT2D eigenvalue weighted by atomic mass is 9.68. The minimum absolute atomic E-state index is 0.379. The molecular formula is C36H38O2P2. The lowest BCUT2D eigenvalue weighted by molar-refractivity contribution is -0.225. The van der Waals surface area contributed by atoms with E-state index >= 15 is 0 Å². The molecule has 2 aliphatic heterocycles. The Morgan fingerprint density at radius 2 is 1.02 bits per heavy atom. The van der Waals surface area contributed by atoms with E-state index in [9.17, 15) is 0 Å². The van der Waals surface area contributed by atoms with Crippen molar-refractivity contribution in [1.82, 2.24) is 0 Å². The Bertz CT molecular complexity index is 1450. The van der Waals surface area contributed by atoms with E-state index < -0.39 is 5.79 Å². The Morgan fingerprint density at radius 3 is 1.45 bits per heavy atom. The van der Waals surface area contributed by atoms with Crippen molar-refractivity contribution < 1.29 is 9.47 Å². The van der Waals surface area contributed by atoms with Crippen LogP contribution in [-0.4, -0.2) is 5.79 Å². The summed E-state index contributed by atoms with van der Waals surface area (Å²) in [5.41, 5.74) is 8.00. The summed E-state index contributed by atoms with van der Waals surface area (Å²) in [5, 5.41) is 5.36. The monoisotopic (exact) mass is 564 g/mol. The average Bonchev–Trinajstić information content (AvgIpc) is 2.89. The molecule has 0 amide bonds. The minimum Gasteiger partial charge on any atom is -0.451 e. The predicted octanol–water partition coefficient (Wildman–Crippen LogP) is 6.86. The van der Waals surface area contributed by atoms with Crippen molar-refractivity contribution in [3.63, 3.8) is 0 Å². The van der Waals surface area contributed by atoms with Gasteiger partial charge in [-0.1, -0.05) is 119 Å². The zero-order valence-electron chi connectivity index (χ0n) is 23.9. The maximum absolute atomic E-state index is 7.28. The topological polar surface area (TPSA) is 18.5 Å². The number of hydrogen-bond acceptors (Lipinski definition) is 2. The van der Waals surface area contributed by atoms with Gasteiger partial charge in [0.15, 0.2) is 0 Å². The maximum Gasteiger partial charge on any atom is 0.257 e. The number of aryl methyl sites for hydroxylation is 4. The Hall–Kier alpha value is -2.66. The third-order valence-corrected chi connectivity index (χ3v) is 11.4. The summed E-state index contributed by atoms with van der Waals surface area (Å²) < 4.78 is 14.6. The smallest absolute Gasteiger partial charge is 0.257 e. The quantitative estimate of drug-likeness (QED) is 0.252. The predicted molar refractivity (Wildman–Crippen MR) is 172 cm³/mol. The van der Waals surface area contributed by atoms with E-state index in [4.69, 9.17) is 9.47 Å². The molecule has 3 aliphatic rings. The number of para-hydroxylation sites is 2. The Balaban J connectivity index is 1.27. The Labute approximate surface area is 242 Å². The number of fused-ring (bicyclic) bond motifs is 2. The van der Waals surface area contributed by atoms with Crippen LogP contribution in [0, 0.1) is 39.5 Å². The molecule has 4 aromatic rings. The molecule has 0 radical (unpaired) electrons. The molecule has 1 fully saturated rings. The minimum atomic E-state index is -0.579. The van der Waals surface area contributed by atoms with Crippen LogP contribution in [0.5, 0.6) is 11.5 Å². The number of benzene rings is 4. The van der Waals surface area contributed by atoms with E-state index in [2.05, 4.69) is 100 Å². The molecule has 2 nitrogen and oxygen atoms in total. The van der Waals surface area contributed by atoms with Gasteiger partial charge in [-0.15, -0.1) is 0 Å². The van der Waals surface area contributed by atoms with Gasteiger partial charge in [0.25, 0.3) is 5.79 Å². The van der Waals surface area contributed by atoms with Crippen molar-refractivity contribution in [2.24, 2.45) is 11.8 Å². The molecule has 4 heteroatoms. The van der Waals surface area contributed by atoms with Gasteiger partial charge in [0.1, 0.15) is 11.5 Å². The molecule has 7 rings (SSSR count). The number of hydrogen-bond donors (Lipinski definition) is 0. The molecule has 2 heterocycles. The summed E-state index contributed by atoms with van der Waals surface area (Å²) >= 11 is 0. The third kappa shape index (κ3) is 4.78. The van der Waals surface area contributed by atoms with E-state index in [0.717, 1.165) is 37.2 Å². The van der Waals surface area contributed by atoms with E-state index in [0.29, 0.717) is 29.0 Å².